The first-order valence-electron chi connectivity index (χ1n) is 7.44. The summed E-state index contributed by atoms with van der Waals surface area (Å²) < 4.78 is 0. The number of rotatable bonds is 5. The Morgan fingerprint density at radius 2 is 2.15 bits per heavy atom. The highest BCUT2D eigenvalue weighted by molar-refractivity contribution is 5.81. The number of carbonyl (C=O) groups is 1. The zero-order valence-corrected chi connectivity index (χ0v) is 12.5. The molecule has 0 radical (unpaired) electrons. The van der Waals surface area contributed by atoms with Gasteiger partial charge in [-0.05, 0) is 25.8 Å². The van der Waals surface area contributed by atoms with Crippen molar-refractivity contribution in [1.82, 2.24) is 9.80 Å². The molecule has 110 valence electrons. The molecule has 0 aromatic heterocycles. The third-order valence-corrected chi connectivity index (χ3v) is 3.95. The lowest BCUT2D eigenvalue weighted by molar-refractivity contribution is -0.134. The van der Waals surface area contributed by atoms with Gasteiger partial charge in [-0.3, -0.25) is 9.69 Å². The molecule has 0 aliphatic carbocycles. The molecule has 20 heavy (non-hydrogen) atoms. The molecule has 4 heteroatoms. The van der Waals surface area contributed by atoms with E-state index < -0.39 is 6.04 Å². The number of benzene rings is 1. The molecule has 2 rings (SSSR count). The van der Waals surface area contributed by atoms with Gasteiger partial charge in [0.15, 0.2) is 0 Å². The van der Waals surface area contributed by atoms with E-state index in [0.29, 0.717) is 6.04 Å². The van der Waals surface area contributed by atoms with Gasteiger partial charge in [-0.1, -0.05) is 30.3 Å². The third kappa shape index (κ3) is 3.58. The molecule has 1 aliphatic rings. The van der Waals surface area contributed by atoms with Crippen LogP contribution in [0.3, 0.4) is 0 Å². The molecule has 0 saturated carbocycles. The van der Waals surface area contributed by atoms with Crippen LogP contribution < -0.4 is 5.73 Å². The topological polar surface area (TPSA) is 49.6 Å². The lowest BCUT2D eigenvalue weighted by Gasteiger charge is -2.29. The van der Waals surface area contributed by atoms with Gasteiger partial charge in [0, 0.05) is 32.2 Å². The Bertz CT molecular complexity index is 433. The van der Waals surface area contributed by atoms with E-state index in [2.05, 4.69) is 29.2 Å². The zero-order valence-electron chi connectivity index (χ0n) is 12.5. The Kier molecular flexibility index (Phi) is 5.15. The summed E-state index contributed by atoms with van der Waals surface area (Å²) in [5.74, 6) is 0.0686. The first-order valence-corrected chi connectivity index (χ1v) is 7.44. The SMILES string of the molecule is CCN(C(=O)C(C)N)C1CCN(Cc2ccccc2)C1. The highest BCUT2D eigenvalue weighted by atomic mass is 16.2. The van der Waals surface area contributed by atoms with E-state index in [4.69, 9.17) is 5.73 Å². The first kappa shape index (κ1) is 15.0. The second kappa shape index (κ2) is 6.86. The lowest BCUT2D eigenvalue weighted by atomic mass is 10.2. The fourth-order valence-corrected chi connectivity index (χ4v) is 2.91. The number of hydrogen-bond acceptors (Lipinski definition) is 3. The molecule has 1 aromatic carbocycles. The number of likely N-dealkylation sites (tertiary alicyclic amines) is 1. The highest BCUT2D eigenvalue weighted by Gasteiger charge is 2.30. The van der Waals surface area contributed by atoms with E-state index >= 15 is 0 Å². The standard InChI is InChI=1S/C16H25N3O/c1-3-19(16(20)13(2)17)15-9-10-18(12-15)11-14-7-5-4-6-8-14/h4-8,13,15H,3,9-12,17H2,1-2H3. The molecule has 1 heterocycles. The smallest absolute Gasteiger partial charge is 0.239 e. The summed E-state index contributed by atoms with van der Waals surface area (Å²) in [4.78, 5) is 16.5. The van der Waals surface area contributed by atoms with Crippen LogP contribution in [-0.2, 0) is 11.3 Å². The summed E-state index contributed by atoms with van der Waals surface area (Å²) in [6, 6.07) is 10.4. The molecule has 2 unspecified atom stereocenters. The first-order chi connectivity index (χ1) is 9.61. The number of carbonyl (C=O) groups excluding carboxylic acids is 1. The Morgan fingerprint density at radius 3 is 2.75 bits per heavy atom. The Labute approximate surface area is 121 Å². The van der Waals surface area contributed by atoms with E-state index in [1.807, 2.05) is 17.9 Å². The second-order valence-corrected chi connectivity index (χ2v) is 5.58. The molecule has 1 saturated heterocycles. The van der Waals surface area contributed by atoms with Gasteiger partial charge in [-0.25, -0.2) is 0 Å². The van der Waals surface area contributed by atoms with Gasteiger partial charge in [0.2, 0.25) is 5.91 Å². The van der Waals surface area contributed by atoms with Crippen LogP contribution in [0.1, 0.15) is 25.8 Å². The molecular formula is C16H25N3O. The monoisotopic (exact) mass is 275 g/mol. The molecule has 1 aliphatic heterocycles. The lowest BCUT2D eigenvalue weighted by Crippen LogP contribution is -2.48. The molecule has 0 bridgehead atoms. The summed E-state index contributed by atoms with van der Waals surface area (Å²) in [5.41, 5.74) is 7.06. The molecule has 2 N–H and O–H groups in total. The number of nitrogens with zero attached hydrogens (tertiary/aromatic N) is 2. The van der Waals surface area contributed by atoms with Crippen LogP contribution in [0.2, 0.25) is 0 Å². The normalized spacial score (nSPS) is 20.9. The highest BCUT2D eigenvalue weighted by Crippen LogP contribution is 2.18. The van der Waals surface area contributed by atoms with Crippen molar-refractivity contribution in [3.8, 4) is 0 Å². The summed E-state index contributed by atoms with van der Waals surface area (Å²) in [7, 11) is 0. The predicted molar refractivity (Wildman–Crippen MR) is 81.2 cm³/mol. The van der Waals surface area contributed by atoms with E-state index in [-0.39, 0.29) is 5.91 Å². The molecule has 1 fully saturated rings. The second-order valence-electron chi connectivity index (χ2n) is 5.58. The van der Waals surface area contributed by atoms with Crippen LogP contribution in [-0.4, -0.2) is 47.4 Å². The summed E-state index contributed by atoms with van der Waals surface area (Å²) in [6.07, 6.45) is 1.04. The van der Waals surface area contributed by atoms with Crippen molar-refractivity contribution >= 4 is 5.91 Å². The van der Waals surface area contributed by atoms with E-state index in [0.717, 1.165) is 32.6 Å². The van der Waals surface area contributed by atoms with Crippen LogP contribution in [0.15, 0.2) is 30.3 Å². The van der Waals surface area contributed by atoms with Crippen molar-refractivity contribution in [1.29, 1.82) is 0 Å². The van der Waals surface area contributed by atoms with Gasteiger partial charge in [0.05, 0.1) is 6.04 Å². The Balaban J connectivity index is 1.92. The van der Waals surface area contributed by atoms with E-state index in [9.17, 15) is 4.79 Å². The van der Waals surface area contributed by atoms with Crippen molar-refractivity contribution < 1.29 is 4.79 Å². The van der Waals surface area contributed by atoms with Crippen LogP contribution in [0.4, 0.5) is 0 Å². The predicted octanol–water partition coefficient (Wildman–Crippen LogP) is 1.46. The van der Waals surface area contributed by atoms with Gasteiger partial charge >= 0.3 is 0 Å². The number of hydrogen-bond donors (Lipinski definition) is 1. The number of likely N-dealkylation sites (N-methyl/N-ethyl adjacent to an activating group) is 1. The maximum atomic E-state index is 12.1. The summed E-state index contributed by atoms with van der Waals surface area (Å²) in [6.45, 7) is 7.48. The minimum Gasteiger partial charge on any atom is -0.337 e. The van der Waals surface area contributed by atoms with Crippen LogP contribution in [0.5, 0.6) is 0 Å². The molecule has 2 atom stereocenters. The largest absolute Gasteiger partial charge is 0.337 e. The Hall–Kier alpha value is -1.39. The molecule has 1 aromatic rings. The van der Waals surface area contributed by atoms with Crippen molar-refractivity contribution in [3.05, 3.63) is 35.9 Å². The van der Waals surface area contributed by atoms with Gasteiger partial charge in [0.25, 0.3) is 0 Å². The minimum atomic E-state index is -0.405. The van der Waals surface area contributed by atoms with Gasteiger partial charge in [-0.2, -0.15) is 0 Å². The average molecular weight is 275 g/mol. The minimum absolute atomic E-state index is 0.0686. The summed E-state index contributed by atoms with van der Waals surface area (Å²) >= 11 is 0. The van der Waals surface area contributed by atoms with Crippen molar-refractivity contribution in [2.24, 2.45) is 5.73 Å². The van der Waals surface area contributed by atoms with Crippen LogP contribution in [0.25, 0.3) is 0 Å². The fraction of sp³-hybridized carbons (Fsp3) is 0.562. The Morgan fingerprint density at radius 1 is 1.45 bits per heavy atom. The third-order valence-electron chi connectivity index (χ3n) is 3.95. The fourth-order valence-electron chi connectivity index (χ4n) is 2.91. The van der Waals surface area contributed by atoms with Crippen molar-refractivity contribution in [2.45, 2.75) is 38.9 Å². The zero-order chi connectivity index (χ0) is 14.5. The maximum Gasteiger partial charge on any atom is 0.239 e. The van der Waals surface area contributed by atoms with Gasteiger partial charge in [0.1, 0.15) is 0 Å². The molecule has 0 spiro atoms. The number of amides is 1. The van der Waals surface area contributed by atoms with Gasteiger partial charge in [-0.15, -0.1) is 0 Å². The van der Waals surface area contributed by atoms with Crippen LogP contribution in [0, 0.1) is 0 Å². The van der Waals surface area contributed by atoms with Crippen molar-refractivity contribution in [2.75, 3.05) is 19.6 Å². The van der Waals surface area contributed by atoms with Crippen molar-refractivity contribution in [3.63, 3.8) is 0 Å². The molecular weight excluding hydrogens is 250 g/mol. The quantitative estimate of drug-likeness (QED) is 0.885. The van der Waals surface area contributed by atoms with Crippen LogP contribution >= 0.6 is 0 Å². The van der Waals surface area contributed by atoms with E-state index in [1.165, 1.54) is 5.56 Å². The molecule has 4 nitrogen and oxygen atoms in total. The summed E-state index contributed by atoms with van der Waals surface area (Å²) in [5, 5.41) is 0. The van der Waals surface area contributed by atoms with E-state index in [1.54, 1.807) is 6.92 Å². The molecule has 1 amide bonds. The number of nitrogens with two attached hydrogens (primary N) is 1. The maximum absolute atomic E-state index is 12.1. The van der Waals surface area contributed by atoms with Gasteiger partial charge < -0.3 is 10.6 Å². The average Bonchev–Trinajstić information content (AvgIpc) is 2.89.